The number of aromatic carboxylic acids is 1. The van der Waals surface area contributed by atoms with E-state index in [2.05, 4.69) is 18.9 Å². The van der Waals surface area contributed by atoms with Crippen LogP contribution >= 0.6 is 11.3 Å². The molecule has 2 aromatic heterocycles. The van der Waals surface area contributed by atoms with Crippen LogP contribution in [0.3, 0.4) is 0 Å². The first-order chi connectivity index (χ1) is 12.3. The number of carbonyl (C=O) groups is 2. The van der Waals surface area contributed by atoms with Gasteiger partial charge in [0.25, 0.3) is 5.91 Å². The fraction of sp³-hybridized carbons (Fsp3) is 0.316. The van der Waals surface area contributed by atoms with Crippen molar-refractivity contribution >= 4 is 33.4 Å². The highest BCUT2D eigenvalue weighted by Gasteiger charge is 2.20. The number of nitrogens with zero attached hydrogens (tertiary/aromatic N) is 3. The van der Waals surface area contributed by atoms with Gasteiger partial charge in [-0.15, -0.1) is 11.3 Å². The van der Waals surface area contributed by atoms with Gasteiger partial charge in [0.1, 0.15) is 4.83 Å². The number of hydrogen-bond donors (Lipinski definition) is 1. The van der Waals surface area contributed by atoms with E-state index in [0.717, 1.165) is 21.5 Å². The van der Waals surface area contributed by atoms with Crippen LogP contribution in [-0.2, 0) is 13.6 Å². The Labute approximate surface area is 155 Å². The van der Waals surface area contributed by atoms with E-state index in [1.807, 2.05) is 17.8 Å². The summed E-state index contributed by atoms with van der Waals surface area (Å²) in [5.41, 5.74) is 2.13. The first-order valence-corrected chi connectivity index (χ1v) is 9.13. The second-order valence-electron chi connectivity index (χ2n) is 6.66. The van der Waals surface area contributed by atoms with E-state index in [-0.39, 0.29) is 11.5 Å². The van der Waals surface area contributed by atoms with Gasteiger partial charge in [0.05, 0.1) is 16.1 Å². The van der Waals surface area contributed by atoms with Crippen LogP contribution in [0.25, 0.3) is 10.2 Å². The largest absolute Gasteiger partial charge is 0.478 e. The van der Waals surface area contributed by atoms with E-state index in [4.69, 9.17) is 5.11 Å². The number of carboxylic acids is 1. The summed E-state index contributed by atoms with van der Waals surface area (Å²) in [6.45, 7) is 4.60. The second kappa shape index (κ2) is 6.92. The van der Waals surface area contributed by atoms with E-state index in [9.17, 15) is 9.59 Å². The van der Waals surface area contributed by atoms with Gasteiger partial charge in [-0.1, -0.05) is 26.0 Å². The summed E-state index contributed by atoms with van der Waals surface area (Å²) in [4.78, 5) is 27.0. The van der Waals surface area contributed by atoms with Crippen molar-refractivity contribution < 1.29 is 14.7 Å². The first kappa shape index (κ1) is 18.1. The van der Waals surface area contributed by atoms with Gasteiger partial charge in [-0.25, -0.2) is 4.79 Å². The monoisotopic (exact) mass is 371 g/mol. The van der Waals surface area contributed by atoms with Gasteiger partial charge in [-0.05, 0) is 29.7 Å². The van der Waals surface area contributed by atoms with Crippen LogP contribution in [0.5, 0.6) is 0 Å². The lowest BCUT2D eigenvalue weighted by atomic mass is 10.1. The molecule has 0 saturated heterocycles. The average molecular weight is 371 g/mol. The molecule has 0 radical (unpaired) electrons. The summed E-state index contributed by atoms with van der Waals surface area (Å²) in [6.07, 6.45) is 0. The molecule has 0 saturated carbocycles. The molecule has 6 nitrogen and oxygen atoms in total. The molecule has 0 spiro atoms. The zero-order valence-electron chi connectivity index (χ0n) is 15.2. The van der Waals surface area contributed by atoms with Gasteiger partial charge in [-0.2, -0.15) is 5.10 Å². The number of amides is 1. The molecule has 2 heterocycles. The highest BCUT2D eigenvalue weighted by Crippen LogP contribution is 2.32. The molecular weight excluding hydrogens is 350 g/mol. The molecule has 26 heavy (non-hydrogen) atoms. The summed E-state index contributed by atoms with van der Waals surface area (Å²) >= 11 is 1.45. The minimum atomic E-state index is -0.958. The summed E-state index contributed by atoms with van der Waals surface area (Å²) < 4.78 is 1.83. The number of carboxylic acid groups (broad SMARTS) is 1. The standard InChI is InChI=1S/C19H21N3O3S/c1-11(2)16-14-9-15(26-18(14)22(4)20-16)17(23)21(3)10-12-5-7-13(8-6-12)19(24)25/h5-9,11H,10H2,1-4H3,(H,24,25). The maximum absolute atomic E-state index is 12.8. The highest BCUT2D eigenvalue weighted by molar-refractivity contribution is 7.20. The fourth-order valence-electron chi connectivity index (χ4n) is 2.88. The van der Waals surface area contributed by atoms with Crippen LogP contribution in [-0.4, -0.2) is 38.7 Å². The van der Waals surface area contributed by atoms with E-state index in [0.29, 0.717) is 17.3 Å². The summed E-state index contributed by atoms with van der Waals surface area (Å²) in [7, 11) is 3.64. The SMILES string of the molecule is CC(C)c1nn(C)c2sc(C(=O)N(C)Cc3ccc(C(=O)O)cc3)cc12. The molecule has 136 valence electrons. The number of hydrogen-bond acceptors (Lipinski definition) is 4. The molecule has 1 amide bonds. The Kier molecular flexibility index (Phi) is 4.82. The van der Waals surface area contributed by atoms with Crippen molar-refractivity contribution in [1.29, 1.82) is 0 Å². The molecule has 0 aliphatic rings. The lowest BCUT2D eigenvalue weighted by Crippen LogP contribution is -2.25. The maximum Gasteiger partial charge on any atom is 0.335 e. The Morgan fingerprint density at radius 3 is 2.50 bits per heavy atom. The Bertz CT molecular complexity index is 970. The Hall–Kier alpha value is -2.67. The lowest BCUT2D eigenvalue weighted by molar-refractivity contribution is 0.0695. The van der Waals surface area contributed by atoms with E-state index in [1.54, 1.807) is 36.2 Å². The van der Waals surface area contributed by atoms with Crippen LogP contribution in [0.15, 0.2) is 30.3 Å². The predicted molar refractivity (Wildman–Crippen MR) is 102 cm³/mol. The number of thiophene rings is 1. The molecule has 7 heteroatoms. The van der Waals surface area contributed by atoms with Gasteiger partial charge in [-0.3, -0.25) is 9.48 Å². The molecule has 0 aliphatic carbocycles. The van der Waals surface area contributed by atoms with Crippen LogP contribution in [0.4, 0.5) is 0 Å². The quantitative estimate of drug-likeness (QED) is 0.741. The van der Waals surface area contributed by atoms with Gasteiger partial charge in [0.15, 0.2) is 0 Å². The Morgan fingerprint density at radius 1 is 1.27 bits per heavy atom. The third-order valence-corrected chi connectivity index (χ3v) is 5.45. The number of benzene rings is 1. The maximum atomic E-state index is 12.8. The molecule has 0 unspecified atom stereocenters. The predicted octanol–water partition coefficient (Wildman–Crippen LogP) is 3.73. The van der Waals surface area contributed by atoms with Crippen molar-refractivity contribution in [2.45, 2.75) is 26.3 Å². The fourth-order valence-corrected chi connectivity index (χ4v) is 3.96. The molecular formula is C19H21N3O3S. The minimum Gasteiger partial charge on any atom is -0.478 e. The van der Waals surface area contributed by atoms with E-state index in [1.165, 1.54) is 11.3 Å². The molecule has 0 aliphatic heterocycles. The van der Waals surface area contributed by atoms with Crippen LogP contribution in [0.2, 0.25) is 0 Å². The van der Waals surface area contributed by atoms with Crippen molar-refractivity contribution in [3.8, 4) is 0 Å². The smallest absolute Gasteiger partial charge is 0.335 e. The number of rotatable bonds is 5. The number of carbonyl (C=O) groups excluding carboxylic acids is 1. The second-order valence-corrected chi connectivity index (χ2v) is 7.69. The number of fused-ring (bicyclic) bond motifs is 1. The van der Waals surface area contributed by atoms with Crippen molar-refractivity contribution in [2.24, 2.45) is 7.05 Å². The molecule has 1 N–H and O–H groups in total. The normalized spacial score (nSPS) is 11.3. The van der Waals surface area contributed by atoms with Gasteiger partial charge in [0.2, 0.25) is 0 Å². The first-order valence-electron chi connectivity index (χ1n) is 8.32. The number of aryl methyl sites for hydroxylation is 1. The molecule has 3 rings (SSSR count). The summed E-state index contributed by atoms with van der Waals surface area (Å²) in [6, 6.07) is 8.50. The zero-order chi connectivity index (χ0) is 19.0. The van der Waals surface area contributed by atoms with Gasteiger partial charge < -0.3 is 10.0 Å². The van der Waals surface area contributed by atoms with Crippen LogP contribution in [0, 0.1) is 0 Å². The molecule has 1 aromatic carbocycles. The van der Waals surface area contributed by atoms with Crippen molar-refractivity contribution in [3.63, 3.8) is 0 Å². The molecule has 3 aromatic rings. The molecule has 0 fully saturated rings. The Morgan fingerprint density at radius 2 is 1.92 bits per heavy atom. The topological polar surface area (TPSA) is 75.4 Å². The van der Waals surface area contributed by atoms with Crippen molar-refractivity contribution in [3.05, 3.63) is 52.0 Å². The number of aromatic nitrogens is 2. The lowest BCUT2D eigenvalue weighted by Gasteiger charge is -2.16. The summed E-state index contributed by atoms with van der Waals surface area (Å²) in [5.74, 6) is -0.717. The van der Waals surface area contributed by atoms with E-state index < -0.39 is 5.97 Å². The highest BCUT2D eigenvalue weighted by atomic mass is 32.1. The van der Waals surface area contributed by atoms with Crippen LogP contribution in [0.1, 0.15) is 51.1 Å². The summed E-state index contributed by atoms with van der Waals surface area (Å²) in [5, 5.41) is 14.5. The van der Waals surface area contributed by atoms with Gasteiger partial charge >= 0.3 is 5.97 Å². The van der Waals surface area contributed by atoms with Crippen molar-refractivity contribution in [2.75, 3.05) is 7.05 Å². The minimum absolute atomic E-state index is 0.0526. The van der Waals surface area contributed by atoms with Crippen molar-refractivity contribution in [1.82, 2.24) is 14.7 Å². The molecule has 0 atom stereocenters. The van der Waals surface area contributed by atoms with Crippen LogP contribution < -0.4 is 0 Å². The zero-order valence-corrected chi connectivity index (χ0v) is 16.0. The van der Waals surface area contributed by atoms with Gasteiger partial charge in [0, 0.05) is 26.0 Å². The average Bonchev–Trinajstić information content (AvgIpc) is 3.15. The third kappa shape index (κ3) is 3.35. The third-order valence-electron chi connectivity index (χ3n) is 4.27. The van der Waals surface area contributed by atoms with E-state index >= 15 is 0 Å². The molecule has 0 bridgehead atoms. The Balaban J connectivity index is 1.81.